The molecule has 2 heterocycles. The van der Waals surface area contributed by atoms with Gasteiger partial charge in [0.15, 0.2) is 6.29 Å². The van der Waals surface area contributed by atoms with Crippen molar-refractivity contribution in [2.24, 2.45) is 17.8 Å². The number of hydrogen-bond donors (Lipinski definition) is 5. The van der Waals surface area contributed by atoms with E-state index >= 15 is 0 Å². The number of carboxylic acid groups (broad SMARTS) is 1. The summed E-state index contributed by atoms with van der Waals surface area (Å²) >= 11 is 0. The molecule has 0 aromatic carbocycles. The van der Waals surface area contributed by atoms with E-state index in [9.17, 15) is 30.3 Å². The van der Waals surface area contributed by atoms with E-state index in [1.165, 1.54) is 0 Å². The van der Waals surface area contributed by atoms with Crippen LogP contribution in [0.25, 0.3) is 0 Å². The molecule has 5 N–H and O–H groups in total. The van der Waals surface area contributed by atoms with Crippen LogP contribution in [0.3, 0.4) is 0 Å². The number of aliphatic hydroxyl groups is 4. The van der Waals surface area contributed by atoms with E-state index in [0.29, 0.717) is 6.42 Å². The Morgan fingerprint density at radius 2 is 1.92 bits per heavy atom. The van der Waals surface area contributed by atoms with E-state index in [0.717, 1.165) is 12.7 Å². The van der Waals surface area contributed by atoms with Crippen LogP contribution in [0.15, 0.2) is 11.8 Å². The van der Waals surface area contributed by atoms with Gasteiger partial charge in [0.2, 0.25) is 6.29 Å². The van der Waals surface area contributed by atoms with Crippen LogP contribution in [0.4, 0.5) is 0 Å². The van der Waals surface area contributed by atoms with Crippen LogP contribution >= 0.6 is 0 Å². The molecule has 2 aliphatic heterocycles. The minimum Gasteiger partial charge on any atom is -0.478 e. The predicted octanol–water partition coefficient (Wildman–Crippen LogP) is -1.21. The number of hydrogen-bond acceptors (Lipinski definition) is 8. The summed E-state index contributed by atoms with van der Waals surface area (Å²) in [5.74, 6) is -1.35. The summed E-state index contributed by atoms with van der Waals surface area (Å²) in [5, 5.41) is 48.3. The SMILES string of the molecule is C[C@@H]1CC[C@H]2C(C(=O)O)=CO[C@H](O[C@@H]3O[C@H](CO)[C@@H](O)[C@H](O)[C@H]3O)[C@@H]12. The third-order valence-electron chi connectivity index (χ3n) is 5.46. The molecule has 9 heteroatoms. The van der Waals surface area contributed by atoms with Gasteiger partial charge in [0.25, 0.3) is 0 Å². The zero-order chi connectivity index (χ0) is 18.3. The van der Waals surface area contributed by atoms with Gasteiger partial charge in [0, 0.05) is 11.8 Å². The molecule has 0 bridgehead atoms. The summed E-state index contributed by atoms with van der Waals surface area (Å²) < 4.78 is 16.5. The third-order valence-corrected chi connectivity index (χ3v) is 5.46. The molecule has 3 aliphatic rings. The number of ether oxygens (including phenoxy) is 3. The smallest absolute Gasteiger partial charge is 0.334 e. The van der Waals surface area contributed by atoms with Crippen LogP contribution in [-0.4, -0.2) is 75.1 Å². The normalized spacial score (nSPS) is 46.9. The van der Waals surface area contributed by atoms with Crippen molar-refractivity contribution in [3.05, 3.63) is 11.8 Å². The highest BCUT2D eigenvalue weighted by atomic mass is 16.8. The van der Waals surface area contributed by atoms with Gasteiger partial charge in [-0.1, -0.05) is 6.92 Å². The molecule has 0 radical (unpaired) electrons. The quantitative estimate of drug-likeness (QED) is 0.417. The molecular formula is C16H24O9. The molecule has 0 spiro atoms. The molecule has 0 amide bonds. The largest absolute Gasteiger partial charge is 0.478 e. The number of carboxylic acids is 1. The van der Waals surface area contributed by atoms with Crippen molar-refractivity contribution < 1.29 is 44.5 Å². The van der Waals surface area contributed by atoms with Crippen LogP contribution in [0.2, 0.25) is 0 Å². The highest BCUT2D eigenvalue weighted by Gasteiger charge is 2.50. The lowest BCUT2D eigenvalue weighted by Crippen LogP contribution is -2.60. The van der Waals surface area contributed by atoms with E-state index in [1.54, 1.807) is 0 Å². The summed E-state index contributed by atoms with van der Waals surface area (Å²) in [5.41, 5.74) is 0.197. The van der Waals surface area contributed by atoms with Crippen LogP contribution in [0.1, 0.15) is 19.8 Å². The fraction of sp³-hybridized carbons (Fsp3) is 0.812. The second-order valence-electron chi connectivity index (χ2n) is 6.95. The van der Waals surface area contributed by atoms with Gasteiger partial charge in [0.05, 0.1) is 18.4 Å². The van der Waals surface area contributed by atoms with Gasteiger partial charge in [-0.2, -0.15) is 0 Å². The molecule has 9 atom stereocenters. The highest BCUT2D eigenvalue weighted by molar-refractivity contribution is 5.87. The van der Waals surface area contributed by atoms with Gasteiger partial charge in [-0.05, 0) is 18.8 Å². The molecular weight excluding hydrogens is 336 g/mol. The molecule has 142 valence electrons. The molecule has 0 aromatic heterocycles. The van der Waals surface area contributed by atoms with Crippen molar-refractivity contribution in [1.29, 1.82) is 0 Å². The average Bonchev–Trinajstić information content (AvgIpc) is 2.97. The average molecular weight is 360 g/mol. The summed E-state index contributed by atoms with van der Waals surface area (Å²) in [6.07, 6.45) is -5.10. The molecule has 25 heavy (non-hydrogen) atoms. The zero-order valence-electron chi connectivity index (χ0n) is 13.8. The van der Waals surface area contributed by atoms with Gasteiger partial charge < -0.3 is 39.7 Å². The van der Waals surface area contributed by atoms with Crippen LogP contribution < -0.4 is 0 Å². The van der Waals surface area contributed by atoms with Crippen LogP contribution in [0, 0.1) is 17.8 Å². The Hall–Kier alpha value is -1.23. The van der Waals surface area contributed by atoms with Crippen molar-refractivity contribution in [3.8, 4) is 0 Å². The first-order valence-corrected chi connectivity index (χ1v) is 8.40. The zero-order valence-corrected chi connectivity index (χ0v) is 13.8. The Labute approximate surface area is 144 Å². The lowest BCUT2D eigenvalue weighted by atomic mass is 9.83. The third kappa shape index (κ3) is 3.27. The number of rotatable bonds is 4. The number of fused-ring (bicyclic) bond motifs is 1. The van der Waals surface area contributed by atoms with E-state index in [-0.39, 0.29) is 23.3 Å². The minimum atomic E-state index is -1.54. The molecule has 1 saturated heterocycles. The Morgan fingerprint density at radius 3 is 2.56 bits per heavy atom. The number of aliphatic hydroxyl groups excluding tert-OH is 4. The lowest BCUT2D eigenvalue weighted by Gasteiger charge is -2.43. The fourth-order valence-electron chi connectivity index (χ4n) is 4.01. The molecule has 3 rings (SSSR count). The fourth-order valence-corrected chi connectivity index (χ4v) is 4.01. The van der Waals surface area contributed by atoms with Gasteiger partial charge >= 0.3 is 5.97 Å². The maximum absolute atomic E-state index is 11.4. The van der Waals surface area contributed by atoms with Crippen molar-refractivity contribution >= 4 is 5.97 Å². The monoisotopic (exact) mass is 360 g/mol. The topological polar surface area (TPSA) is 146 Å². The molecule has 0 aromatic rings. The predicted molar refractivity (Wildman–Crippen MR) is 80.8 cm³/mol. The standard InChI is InChI=1S/C16H24O9/c1-6-2-3-7-8(14(21)22)5-23-15(10(6)7)25-16-13(20)12(19)11(18)9(4-17)24-16/h5-7,9-13,15-20H,2-4H2,1H3,(H,21,22)/t6-,7+,9-,10+,11-,12+,13-,15-,16+/m1/s1. The first kappa shape index (κ1) is 18.6. The van der Waals surface area contributed by atoms with Crippen LogP contribution in [-0.2, 0) is 19.0 Å². The highest BCUT2D eigenvalue weighted by Crippen LogP contribution is 2.47. The van der Waals surface area contributed by atoms with Crippen LogP contribution in [0.5, 0.6) is 0 Å². The lowest BCUT2D eigenvalue weighted by molar-refractivity contribution is -0.342. The molecule has 0 unspecified atom stereocenters. The first-order chi connectivity index (χ1) is 11.8. The van der Waals surface area contributed by atoms with Gasteiger partial charge in [0.1, 0.15) is 24.4 Å². The molecule has 9 nitrogen and oxygen atoms in total. The summed E-state index contributed by atoms with van der Waals surface area (Å²) in [7, 11) is 0. The maximum Gasteiger partial charge on any atom is 0.334 e. The Kier molecular flexibility index (Phi) is 5.33. The summed E-state index contributed by atoms with van der Waals surface area (Å²) in [6, 6.07) is 0. The van der Waals surface area contributed by atoms with E-state index in [1.807, 2.05) is 6.92 Å². The molecule has 2 fully saturated rings. The number of carbonyl (C=O) groups is 1. The molecule has 1 saturated carbocycles. The summed E-state index contributed by atoms with van der Waals surface area (Å²) in [4.78, 5) is 11.4. The van der Waals surface area contributed by atoms with E-state index in [2.05, 4.69) is 0 Å². The minimum absolute atomic E-state index is 0.142. The Balaban J connectivity index is 1.77. The van der Waals surface area contributed by atoms with Gasteiger partial charge in [-0.3, -0.25) is 0 Å². The second-order valence-corrected chi connectivity index (χ2v) is 6.95. The second kappa shape index (κ2) is 7.18. The van der Waals surface area contributed by atoms with Gasteiger partial charge in [-0.15, -0.1) is 0 Å². The maximum atomic E-state index is 11.4. The Bertz CT molecular complexity index is 534. The van der Waals surface area contributed by atoms with Crippen molar-refractivity contribution in [2.75, 3.05) is 6.61 Å². The van der Waals surface area contributed by atoms with E-state index in [4.69, 9.17) is 14.2 Å². The number of aliphatic carboxylic acids is 1. The molecule has 1 aliphatic carbocycles. The summed E-state index contributed by atoms with van der Waals surface area (Å²) in [6.45, 7) is 1.42. The van der Waals surface area contributed by atoms with Crippen molar-refractivity contribution in [1.82, 2.24) is 0 Å². The van der Waals surface area contributed by atoms with Gasteiger partial charge in [-0.25, -0.2) is 4.79 Å². The Morgan fingerprint density at radius 1 is 1.20 bits per heavy atom. The van der Waals surface area contributed by atoms with Crippen molar-refractivity contribution in [3.63, 3.8) is 0 Å². The first-order valence-electron chi connectivity index (χ1n) is 8.40. The van der Waals surface area contributed by atoms with Crippen molar-refractivity contribution in [2.45, 2.75) is 56.8 Å². The van der Waals surface area contributed by atoms with E-state index < -0.39 is 49.6 Å².